The molecule has 2 aromatic heterocycles. The van der Waals surface area contributed by atoms with Crippen molar-refractivity contribution in [1.82, 2.24) is 19.7 Å². The highest BCUT2D eigenvalue weighted by atomic mass is 32.2. The highest BCUT2D eigenvalue weighted by Gasteiger charge is 2.10. The number of rotatable bonds is 6. The van der Waals surface area contributed by atoms with Gasteiger partial charge < -0.3 is 10.1 Å². The van der Waals surface area contributed by atoms with Crippen molar-refractivity contribution in [2.24, 2.45) is 0 Å². The second-order valence-electron chi connectivity index (χ2n) is 4.76. The molecule has 0 aliphatic heterocycles. The van der Waals surface area contributed by atoms with E-state index in [-0.39, 0.29) is 11.7 Å². The molecular weight excluding hydrogens is 326 g/mol. The van der Waals surface area contributed by atoms with Gasteiger partial charge in [-0.25, -0.2) is 0 Å². The number of thioether (sulfide) groups is 1. The Bertz CT molecular complexity index is 805. The lowest BCUT2D eigenvalue weighted by atomic mass is 10.3. The summed E-state index contributed by atoms with van der Waals surface area (Å²) in [5.74, 6) is 0.873. The van der Waals surface area contributed by atoms with Crippen LogP contribution in [0.1, 0.15) is 0 Å². The third-order valence-corrected chi connectivity index (χ3v) is 4.09. The van der Waals surface area contributed by atoms with E-state index >= 15 is 0 Å². The Labute approximate surface area is 143 Å². The van der Waals surface area contributed by atoms with Gasteiger partial charge in [-0.05, 0) is 36.4 Å². The summed E-state index contributed by atoms with van der Waals surface area (Å²) in [6.07, 6.45) is 4.87. The molecule has 1 amide bonds. The second kappa shape index (κ2) is 7.60. The number of carbonyl (C=O) groups excluding carboxylic acids is 1. The quantitative estimate of drug-likeness (QED) is 0.693. The molecule has 24 heavy (non-hydrogen) atoms. The zero-order valence-corrected chi connectivity index (χ0v) is 13.7. The van der Waals surface area contributed by atoms with Crippen LogP contribution in [0.3, 0.4) is 0 Å². The monoisotopic (exact) mass is 341 g/mol. The lowest BCUT2D eigenvalue weighted by Crippen LogP contribution is -2.14. The SMILES string of the molecule is COc1ccc(-n2cnnc2SCC(=O)Nc2cccnc2)cc1. The smallest absolute Gasteiger partial charge is 0.234 e. The highest BCUT2D eigenvalue weighted by molar-refractivity contribution is 7.99. The van der Waals surface area contributed by atoms with E-state index in [1.54, 1.807) is 38.0 Å². The van der Waals surface area contributed by atoms with Gasteiger partial charge in [0.25, 0.3) is 0 Å². The Kier molecular flexibility index (Phi) is 5.07. The van der Waals surface area contributed by atoms with Gasteiger partial charge in [0.2, 0.25) is 5.91 Å². The van der Waals surface area contributed by atoms with Crippen molar-refractivity contribution < 1.29 is 9.53 Å². The molecule has 0 aliphatic rings. The Morgan fingerprint density at radius 3 is 2.83 bits per heavy atom. The van der Waals surface area contributed by atoms with Gasteiger partial charge in [-0.15, -0.1) is 10.2 Å². The number of hydrogen-bond acceptors (Lipinski definition) is 6. The van der Waals surface area contributed by atoms with Gasteiger partial charge in [0.1, 0.15) is 12.1 Å². The standard InChI is InChI=1S/C16H15N5O2S/c1-23-14-6-4-13(5-7-14)21-11-18-20-16(21)24-10-15(22)19-12-3-2-8-17-9-12/h2-9,11H,10H2,1H3,(H,19,22). The fraction of sp³-hybridized carbons (Fsp3) is 0.125. The fourth-order valence-electron chi connectivity index (χ4n) is 2.01. The number of ether oxygens (including phenoxy) is 1. The lowest BCUT2D eigenvalue weighted by Gasteiger charge is -2.07. The van der Waals surface area contributed by atoms with E-state index in [9.17, 15) is 4.79 Å². The summed E-state index contributed by atoms with van der Waals surface area (Å²) >= 11 is 1.31. The molecule has 0 atom stereocenters. The van der Waals surface area contributed by atoms with Crippen LogP contribution in [0.2, 0.25) is 0 Å². The molecule has 7 nitrogen and oxygen atoms in total. The van der Waals surface area contributed by atoms with Crippen LogP contribution in [0.5, 0.6) is 5.75 Å². The summed E-state index contributed by atoms with van der Waals surface area (Å²) in [5.41, 5.74) is 1.57. The molecule has 122 valence electrons. The van der Waals surface area contributed by atoms with E-state index < -0.39 is 0 Å². The average molecular weight is 341 g/mol. The number of nitrogens with zero attached hydrogens (tertiary/aromatic N) is 4. The molecule has 2 heterocycles. The highest BCUT2D eigenvalue weighted by Crippen LogP contribution is 2.21. The first-order valence-corrected chi connectivity index (χ1v) is 8.12. The molecule has 3 rings (SSSR count). The zero-order chi connectivity index (χ0) is 16.8. The number of nitrogens with one attached hydrogen (secondary N) is 1. The summed E-state index contributed by atoms with van der Waals surface area (Å²) in [4.78, 5) is 16.0. The fourth-order valence-corrected chi connectivity index (χ4v) is 2.74. The maximum atomic E-state index is 12.0. The number of amides is 1. The number of hydrogen-bond donors (Lipinski definition) is 1. The van der Waals surface area contributed by atoms with E-state index in [4.69, 9.17) is 4.74 Å². The van der Waals surface area contributed by atoms with E-state index in [0.29, 0.717) is 10.8 Å². The summed E-state index contributed by atoms with van der Waals surface area (Å²) in [6.45, 7) is 0. The third kappa shape index (κ3) is 3.90. The molecule has 1 N–H and O–H groups in total. The number of methoxy groups -OCH3 is 1. The van der Waals surface area contributed by atoms with Gasteiger partial charge in [0.15, 0.2) is 5.16 Å². The normalized spacial score (nSPS) is 10.4. The second-order valence-corrected chi connectivity index (χ2v) is 5.70. The van der Waals surface area contributed by atoms with Gasteiger partial charge in [0.05, 0.1) is 24.7 Å². The van der Waals surface area contributed by atoms with Crippen molar-refractivity contribution in [2.75, 3.05) is 18.2 Å². The van der Waals surface area contributed by atoms with Crippen LogP contribution in [0.15, 0.2) is 60.3 Å². The van der Waals surface area contributed by atoms with Gasteiger partial charge in [0, 0.05) is 11.9 Å². The van der Waals surface area contributed by atoms with Crippen molar-refractivity contribution >= 4 is 23.4 Å². The minimum atomic E-state index is -0.128. The number of anilines is 1. The predicted octanol–water partition coefficient (Wildman–Crippen LogP) is 2.40. The summed E-state index contributed by atoms with van der Waals surface area (Å²) in [7, 11) is 1.62. The van der Waals surface area contributed by atoms with Crippen LogP contribution in [0.25, 0.3) is 5.69 Å². The minimum Gasteiger partial charge on any atom is -0.497 e. The van der Waals surface area contributed by atoms with Crippen LogP contribution in [-0.2, 0) is 4.79 Å². The molecule has 0 radical (unpaired) electrons. The average Bonchev–Trinajstić information content (AvgIpc) is 3.09. The Hall–Kier alpha value is -2.87. The van der Waals surface area contributed by atoms with Crippen LogP contribution >= 0.6 is 11.8 Å². The first-order valence-electron chi connectivity index (χ1n) is 7.13. The maximum absolute atomic E-state index is 12.0. The van der Waals surface area contributed by atoms with Crippen molar-refractivity contribution in [3.05, 3.63) is 55.1 Å². The molecule has 0 saturated heterocycles. The zero-order valence-electron chi connectivity index (χ0n) is 12.9. The Morgan fingerprint density at radius 1 is 1.29 bits per heavy atom. The predicted molar refractivity (Wildman–Crippen MR) is 91.5 cm³/mol. The first-order chi connectivity index (χ1) is 11.8. The third-order valence-electron chi connectivity index (χ3n) is 3.14. The van der Waals surface area contributed by atoms with Crippen LogP contribution < -0.4 is 10.1 Å². The van der Waals surface area contributed by atoms with Gasteiger partial charge in [-0.1, -0.05) is 11.8 Å². The molecule has 0 saturated carbocycles. The summed E-state index contributed by atoms with van der Waals surface area (Å²) in [6, 6.07) is 11.1. The van der Waals surface area contributed by atoms with E-state index in [1.807, 2.05) is 28.8 Å². The summed E-state index contributed by atoms with van der Waals surface area (Å²) < 4.78 is 6.97. The van der Waals surface area contributed by atoms with E-state index in [1.165, 1.54) is 11.8 Å². The largest absolute Gasteiger partial charge is 0.497 e. The molecule has 0 spiro atoms. The number of aromatic nitrogens is 4. The topological polar surface area (TPSA) is 81.9 Å². The lowest BCUT2D eigenvalue weighted by molar-refractivity contribution is -0.113. The van der Waals surface area contributed by atoms with Crippen molar-refractivity contribution in [2.45, 2.75) is 5.16 Å². The Balaban J connectivity index is 1.64. The molecule has 0 aliphatic carbocycles. The van der Waals surface area contributed by atoms with Crippen LogP contribution in [0.4, 0.5) is 5.69 Å². The molecule has 8 heteroatoms. The molecule has 0 unspecified atom stereocenters. The Morgan fingerprint density at radius 2 is 2.12 bits per heavy atom. The van der Waals surface area contributed by atoms with Crippen LogP contribution in [-0.4, -0.2) is 38.5 Å². The first kappa shape index (κ1) is 16.0. The van der Waals surface area contributed by atoms with Gasteiger partial charge in [-0.3, -0.25) is 14.3 Å². The van der Waals surface area contributed by atoms with E-state index in [0.717, 1.165) is 11.4 Å². The molecule has 1 aromatic carbocycles. The van der Waals surface area contributed by atoms with Crippen molar-refractivity contribution in [1.29, 1.82) is 0 Å². The minimum absolute atomic E-state index is 0.128. The van der Waals surface area contributed by atoms with Gasteiger partial charge >= 0.3 is 0 Å². The van der Waals surface area contributed by atoms with Crippen LogP contribution in [0, 0.1) is 0 Å². The molecule has 0 bridgehead atoms. The summed E-state index contributed by atoms with van der Waals surface area (Å²) in [5, 5.41) is 11.4. The molecule has 3 aromatic rings. The van der Waals surface area contributed by atoms with Crippen molar-refractivity contribution in [3.8, 4) is 11.4 Å². The number of pyridine rings is 1. The number of carbonyl (C=O) groups is 1. The van der Waals surface area contributed by atoms with Gasteiger partial charge in [-0.2, -0.15) is 0 Å². The van der Waals surface area contributed by atoms with E-state index in [2.05, 4.69) is 20.5 Å². The van der Waals surface area contributed by atoms with Crippen molar-refractivity contribution in [3.63, 3.8) is 0 Å². The maximum Gasteiger partial charge on any atom is 0.234 e. The molecule has 0 fully saturated rings. The molecular formula is C16H15N5O2S. The number of benzene rings is 1.